The summed E-state index contributed by atoms with van der Waals surface area (Å²) in [4.78, 5) is 0. The number of allylic oxidation sites excluding steroid dienone is 1. The van der Waals surface area contributed by atoms with E-state index in [0.717, 1.165) is 18.0 Å². The Morgan fingerprint density at radius 2 is 1.53 bits per heavy atom. The van der Waals surface area contributed by atoms with Crippen molar-refractivity contribution >= 4 is 0 Å². The third kappa shape index (κ3) is 4.13. The van der Waals surface area contributed by atoms with E-state index in [1.165, 1.54) is 63.4 Å². The lowest BCUT2D eigenvalue weighted by molar-refractivity contribution is 0.251. The van der Waals surface area contributed by atoms with Crippen LogP contribution in [-0.2, 0) is 0 Å². The van der Waals surface area contributed by atoms with Gasteiger partial charge in [0.15, 0.2) is 0 Å². The van der Waals surface area contributed by atoms with Crippen LogP contribution in [0.15, 0.2) is 11.6 Å². The summed E-state index contributed by atoms with van der Waals surface area (Å²) >= 11 is 0. The van der Waals surface area contributed by atoms with Gasteiger partial charge in [0, 0.05) is 12.1 Å². The molecule has 2 aliphatic carbocycles. The van der Waals surface area contributed by atoms with Gasteiger partial charge in [-0.25, -0.2) is 0 Å². The first-order valence-electron chi connectivity index (χ1n) is 7.67. The van der Waals surface area contributed by atoms with Crippen molar-refractivity contribution in [3.63, 3.8) is 0 Å². The minimum absolute atomic E-state index is 0.766. The Labute approximate surface area is 107 Å². The van der Waals surface area contributed by atoms with Gasteiger partial charge in [-0.3, -0.25) is 0 Å². The Morgan fingerprint density at radius 3 is 2.24 bits per heavy atom. The standard InChI is InChI=1S/C16H29N/c1-13(2)12-14-8-6-7-11-16(14)17-15-9-4-3-5-10-15/h12,14-17H,3-11H2,1-2H3/t14-,16+/m1/s1. The summed E-state index contributed by atoms with van der Waals surface area (Å²) in [6.07, 6.45) is 15.3. The van der Waals surface area contributed by atoms with E-state index in [1.807, 2.05) is 0 Å². The molecule has 2 rings (SSSR count). The zero-order valence-corrected chi connectivity index (χ0v) is 11.7. The van der Waals surface area contributed by atoms with E-state index in [2.05, 4.69) is 25.2 Å². The smallest absolute Gasteiger partial charge is 0.0132 e. The van der Waals surface area contributed by atoms with Crippen molar-refractivity contribution in [2.24, 2.45) is 5.92 Å². The molecule has 0 aromatic rings. The lowest BCUT2D eigenvalue weighted by Gasteiger charge is -2.35. The van der Waals surface area contributed by atoms with Crippen molar-refractivity contribution in [3.8, 4) is 0 Å². The summed E-state index contributed by atoms with van der Waals surface area (Å²) in [5.74, 6) is 0.802. The van der Waals surface area contributed by atoms with Crippen LogP contribution in [0.2, 0.25) is 0 Å². The molecule has 0 aromatic carbocycles. The molecule has 2 atom stereocenters. The summed E-state index contributed by atoms with van der Waals surface area (Å²) in [5.41, 5.74) is 1.49. The average Bonchev–Trinajstić information content (AvgIpc) is 2.32. The van der Waals surface area contributed by atoms with Gasteiger partial charge in [-0.15, -0.1) is 0 Å². The lowest BCUT2D eigenvalue weighted by atomic mass is 9.82. The molecule has 2 fully saturated rings. The number of nitrogens with one attached hydrogen (secondary N) is 1. The van der Waals surface area contributed by atoms with E-state index in [1.54, 1.807) is 0 Å². The van der Waals surface area contributed by atoms with Crippen molar-refractivity contribution in [2.75, 3.05) is 0 Å². The van der Waals surface area contributed by atoms with Gasteiger partial charge in [0.1, 0.15) is 0 Å². The quantitative estimate of drug-likeness (QED) is 0.713. The molecule has 0 saturated heterocycles. The molecule has 98 valence electrons. The van der Waals surface area contributed by atoms with Gasteiger partial charge in [-0.2, -0.15) is 0 Å². The average molecular weight is 235 g/mol. The van der Waals surface area contributed by atoms with E-state index in [-0.39, 0.29) is 0 Å². The normalized spacial score (nSPS) is 31.2. The predicted octanol–water partition coefficient (Wildman–Crippen LogP) is 4.43. The third-order valence-electron chi connectivity index (χ3n) is 4.42. The lowest BCUT2D eigenvalue weighted by Crippen LogP contribution is -2.44. The van der Waals surface area contributed by atoms with Crippen molar-refractivity contribution in [1.29, 1.82) is 0 Å². The largest absolute Gasteiger partial charge is 0.311 e. The molecule has 1 heteroatoms. The zero-order chi connectivity index (χ0) is 12.1. The SMILES string of the molecule is CC(C)=C[C@H]1CCCC[C@@H]1NC1CCCCC1. The van der Waals surface area contributed by atoms with Crippen LogP contribution in [0.3, 0.4) is 0 Å². The molecular formula is C16H29N. The highest BCUT2D eigenvalue weighted by molar-refractivity contribution is 5.03. The topological polar surface area (TPSA) is 12.0 Å². The third-order valence-corrected chi connectivity index (χ3v) is 4.42. The first-order chi connectivity index (χ1) is 8.25. The summed E-state index contributed by atoms with van der Waals surface area (Å²) in [6, 6.07) is 1.58. The fourth-order valence-electron chi connectivity index (χ4n) is 3.57. The van der Waals surface area contributed by atoms with Crippen molar-refractivity contribution < 1.29 is 0 Å². The summed E-state index contributed by atoms with van der Waals surface area (Å²) in [7, 11) is 0. The molecule has 2 saturated carbocycles. The van der Waals surface area contributed by atoms with Crippen molar-refractivity contribution in [2.45, 2.75) is 83.7 Å². The van der Waals surface area contributed by atoms with Crippen LogP contribution in [0, 0.1) is 5.92 Å². The van der Waals surface area contributed by atoms with Gasteiger partial charge in [-0.05, 0) is 45.4 Å². The van der Waals surface area contributed by atoms with Crippen LogP contribution in [0.25, 0.3) is 0 Å². The zero-order valence-electron chi connectivity index (χ0n) is 11.7. The van der Waals surface area contributed by atoms with Crippen LogP contribution in [0.5, 0.6) is 0 Å². The highest BCUT2D eigenvalue weighted by atomic mass is 15.0. The highest BCUT2D eigenvalue weighted by Crippen LogP contribution is 2.28. The Hall–Kier alpha value is -0.300. The second-order valence-corrected chi connectivity index (χ2v) is 6.30. The highest BCUT2D eigenvalue weighted by Gasteiger charge is 2.26. The summed E-state index contributed by atoms with van der Waals surface area (Å²) < 4.78 is 0. The fraction of sp³-hybridized carbons (Fsp3) is 0.875. The Balaban J connectivity index is 1.89. The van der Waals surface area contributed by atoms with Crippen LogP contribution in [0.1, 0.15) is 71.6 Å². The monoisotopic (exact) mass is 235 g/mol. The van der Waals surface area contributed by atoms with E-state index >= 15 is 0 Å². The van der Waals surface area contributed by atoms with Crippen LogP contribution < -0.4 is 5.32 Å². The first kappa shape index (κ1) is 13.1. The fourth-order valence-corrected chi connectivity index (χ4v) is 3.57. The van der Waals surface area contributed by atoms with Gasteiger partial charge in [0.25, 0.3) is 0 Å². The number of rotatable bonds is 3. The Morgan fingerprint density at radius 1 is 0.882 bits per heavy atom. The van der Waals surface area contributed by atoms with Crippen LogP contribution >= 0.6 is 0 Å². The number of hydrogen-bond donors (Lipinski definition) is 1. The molecule has 0 amide bonds. The molecule has 1 nitrogen and oxygen atoms in total. The second kappa shape index (κ2) is 6.58. The maximum absolute atomic E-state index is 3.97. The molecular weight excluding hydrogens is 206 g/mol. The van der Waals surface area contributed by atoms with Gasteiger partial charge < -0.3 is 5.32 Å². The maximum Gasteiger partial charge on any atom is 0.0132 e. The predicted molar refractivity (Wildman–Crippen MR) is 75.2 cm³/mol. The van der Waals surface area contributed by atoms with E-state index < -0.39 is 0 Å². The van der Waals surface area contributed by atoms with E-state index in [0.29, 0.717) is 0 Å². The second-order valence-electron chi connectivity index (χ2n) is 6.30. The van der Waals surface area contributed by atoms with Crippen LogP contribution in [0.4, 0.5) is 0 Å². The first-order valence-corrected chi connectivity index (χ1v) is 7.67. The van der Waals surface area contributed by atoms with E-state index in [9.17, 15) is 0 Å². The van der Waals surface area contributed by atoms with Crippen molar-refractivity contribution in [3.05, 3.63) is 11.6 Å². The molecule has 0 aliphatic heterocycles. The summed E-state index contributed by atoms with van der Waals surface area (Å²) in [5, 5.41) is 3.97. The molecule has 2 aliphatic rings. The maximum atomic E-state index is 3.97. The minimum atomic E-state index is 0.766. The molecule has 0 radical (unpaired) electrons. The van der Waals surface area contributed by atoms with Gasteiger partial charge in [-0.1, -0.05) is 43.8 Å². The molecule has 0 spiro atoms. The number of hydrogen-bond acceptors (Lipinski definition) is 1. The van der Waals surface area contributed by atoms with Gasteiger partial charge in [0.2, 0.25) is 0 Å². The molecule has 1 N–H and O–H groups in total. The Bertz CT molecular complexity index is 246. The summed E-state index contributed by atoms with van der Waals surface area (Å²) in [6.45, 7) is 4.48. The van der Waals surface area contributed by atoms with Crippen molar-refractivity contribution in [1.82, 2.24) is 5.32 Å². The van der Waals surface area contributed by atoms with E-state index in [4.69, 9.17) is 0 Å². The molecule has 0 bridgehead atoms. The van der Waals surface area contributed by atoms with Gasteiger partial charge >= 0.3 is 0 Å². The van der Waals surface area contributed by atoms with Gasteiger partial charge in [0.05, 0.1) is 0 Å². The Kier molecular flexibility index (Phi) is 5.09. The minimum Gasteiger partial charge on any atom is -0.311 e. The molecule has 0 unspecified atom stereocenters. The van der Waals surface area contributed by atoms with Crippen LogP contribution in [-0.4, -0.2) is 12.1 Å². The molecule has 17 heavy (non-hydrogen) atoms. The molecule has 0 aromatic heterocycles. The molecule has 0 heterocycles.